The van der Waals surface area contributed by atoms with Gasteiger partial charge in [-0.05, 0) is 50.1 Å². The molecule has 4 aromatic rings. The van der Waals surface area contributed by atoms with Crippen molar-refractivity contribution in [1.29, 1.82) is 0 Å². The highest BCUT2D eigenvalue weighted by molar-refractivity contribution is 5.85. The number of nitrogens with one attached hydrogen (secondary N) is 2. The van der Waals surface area contributed by atoms with Crippen LogP contribution in [0, 0.1) is 6.92 Å². The first-order valence-corrected chi connectivity index (χ1v) is 10.2. The number of fused-ring (bicyclic) bond motifs is 2. The van der Waals surface area contributed by atoms with Crippen molar-refractivity contribution >= 4 is 33.6 Å². The van der Waals surface area contributed by atoms with Crippen LogP contribution in [0.4, 0.5) is 11.6 Å². The number of aromatic nitrogens is 4. The Morgan fingerprint density at radius 2 is 2.03 bits per heavy atom. The van der Waals surface area contributed by atoms with E-state index in [9.17, 15) is 0 Å². The lowest BCUT2D eigenvalue weighted by atomic mass is 10.0. The molecule has 0 spiro atoms. The van der Waals surface area contributed by atoms with E-state index in [2.05, 4.69) is 60.2 Å². The zero-order valence-corrected chi connectivity index (χ0v) is 16.6. The van der Waals surface area contributed by atoms with Gasteiger partial charge in [0.1, 0.15) is 5.65 Å². The molecule has 4 heterocycles. The van der Waals surface area contributed by atoms with Gasteiger partial charge >= 0.3 is 0 Å². The number of H-pyrrole nitrogens is 1. The molecule has 0 radical (unpaired) electrons. The van der Waals surface area contributed by atoms with Gasteiger partial charge in [0.2, 0.25) is 5.95 Å². The molecule has 3 N–H and O–H groups in total. The number of hydrogen-bond acceptors (Lipinski definition) is 5. The summed E-state index contributed by atoms with van der Waals surface area (Å²) in [6.07, 6.45) is 6.28. The van der Waals surface area contributed by atoms with Gasteiger partial charge in [-0.1, -0.05) is 0 Å². The summed E-state index contributed by atoms with van der Waals surface area (Å²) in [5, 5.41) is 14.7. The fourth-order valence-electron chi connectivity index (χ4n) is 4.37. The summed E-state index contributed by atoms with van der Waals surface area (Å²) >= 11 is 0. The molecule has 1 fully saturated rings. The number of likely N-dealkylation sites (tertiary alicyclic amines) is 1. The van der Waals surface area contributed by atoms with Crippen molar-refractivity contribution in [2.45, 2.75) is 25.8 Å². The van der Waals surface area contributed by atoms with Gasteiger partial charge in [-0.3, -0.25) is 0 Å². The largest absolute Gasteiger partial charge is 0.395 e. The summed E-state index contributed by atoms with van der Waals surface area (Å²) in [5.41, 5.74) is 4.17. The van der Waals surface area contributed by atoms with Crippen LogP contribution in [0.15, 0.2) is 42.7 Å². The second-order valence-electron chi connectivity index (χ2n) is 7.87. The molecule has 5 rings (SSSR count). The molecule has 3 aromatic heterocycles. The SMILES string of the molecule is Cc1cc2cnc(Nc3ccc4c(ccn4C4CCN(CCO)CC4)c3)nc2[nH]1. The summed E-state index contributed by atoms with van der Waals surface area (Å²) in [6, 6.07) is 11.2. The normalized spacial score (nSPS) is 16.1. The van der Waals surface area contributed by atoms with E-state index < -0.39 is 0 Å². The van der Waals surface area contributed by atoms with Crippen LogP contribution >= 0.6 is 0 Å². The highest BCUT2D eigenvalue weighted by atomic mass is 16.3. The molecule has 1 aromatic carbocycles. The van der Waals surface area contributed by atoms with E-state index in [0.29, 0.717) is 12.0 Å². The molecule has 0 amide bonds. The molecule has 0 saturated carbocycles. The van der Waals surface area contributed by atoms with E-state index in [-0.39, 0.29) is 6.61 Å². The summed E-state index contributed by atoms with van der Waals surface area (Å²) in [4.78, 5) is 14.6. The summed E-state index contributed by atoms with van der Waals surface area (Å²) in [7, 11) is 0. The minimum absolute atomic E-state index is 0.243. The topological polar surface area (TPSA) is 82.0 Å². The van der Waals surface area contributed by atoms with Crippen molar-refractivity contribution in [3.8, 4) is 0 Å². The first-order valence-electron chi connectivity index (χ1n) is 10.2. The van der Waals surface area contributed by atoms with E-state index in [1.54, 1.807) is 0 Å². The number of rotatable bonds is 5. The third-order valence-electron chi connectivity index (χ3n) is 5.85. The summed E-state index contributed by atoms with van der Waals surface area (Å²) < 4.78 is 2.40. The van der Waals surface area contributed by atoms with Gasteiger partial charge in [0.25, 0.3) is 0 Å². The monoisotopic (exact) mass is 390 g/mol. The lowest BCUT2D eigenvalue weighted by Gasteiger charge is -2.32. The second-order valence-corrected chi connectivity index (χ2v) is 7.87. The quantitative estimate of drug-likeness (QED) is 0.485. The van der Waals surface area contributed by atoms with Gasteiger partial charge in [-0.2, -0.15) is 4.98 Å². The Labute approximate surface area is 169 Å². The molecular weight excluding hydrogens is 364 g/mol. The van der Waals surface area contributed by atoms with Crippen LogP contribution in [-0.4, -0.2) is 55.8 Å². The Hall–Kier alpha value is -2.90. The minimum Gasteiger partial charge on any atom is -0.395 e. The predicted molar refractivity (Wildman–Crippen MR) is 116 cm³/mol. The van der Waals surface area contributed by atoms with Crippen molar-refractivity contribution in [3.05, 3.63) is 48.4 Å². The van der Waals surface area contributed by atoms with E-state index in [1.807, 2.05) is 19.2 Å². The van der Waals surface area contributed by atoms with Crippen LogP contribution in [0.1, 0.15) is 24.6 Å². The average molecular weight is 390 g/mol. The Balaban J connectivity index is 1.34. The lowest BCUT2D eigenvalue weighted by Crippen LogP contribution is -2.36. The zero-order chi connectivity index (χ0) is 19.8. The maximum Gasteiger partial charge on any atom is 0.229 e. The predicted octanol–water partition coefficient (Wildman–Crippen LogP) is 3.59. The molecule has 7 heteroatoms. The Bertz CT molecular complexity index is 1140. The van der Waals surface area contributed by atoms with Gasteiger partial charge in [0, 0.05) is 65.7 Å². The van der Waals surface area contributed by atoms with Crippen molar-refractivity contribution in [1.82, 2.24) is 24.4 Å². The fourth-order valence-corrected chi connectivity index (χ4v) is 4.37. The van der Waals surface area contributed by atoms with E-state index in [4.69, 9.17) is 5.11 Å². The van der Waals surface area contributed by atoms with Crippen LogP contribution in [0.3, 0.4) is 0 Å². The first kappa shape index (κ1) is 18.1. The average Bonchev–Trinajstić information content (AvgIpc) is 3.30. The molecular formula is C22H26N6O. The van der Waals surface area contributed by atoms with Gasteiger partial charge in [0.15, 0.2) is 0 Å². The molecule has 7 nitrogen and oxygen atoms in total. The maximum absolute atomic E-state index is 9.13. The van der Waals surface area contributed by atoms with Gasteiger partial charge in [-0.15, -0.1) is 0 Å². The van der Waals surface area contributed by atoms with Crippen LogP contribution in [0.25, 0.3) is 21.9 Å². The molecule has 0 aliphatic carbocycles. The third-order valence-corrected chi connectivity index (χ3v) is 5.85. The number of β-amino-alcohol motifs (C(OH)–C–C–N with tert-alkyl or cyclic N) is 1. The fraction of sp³-hybridized carbons (Fsp3) is 0.364. The van der Waals surface area contributed by atoms with Crippen molar-refractivity contribution in [2.75, 3.05) is 31.6 Å². The van der Waals surface area contributed by atoms with Gasteiger partial charge < -0.3 is 24.9 Å². The van der Waals surface area contributed by atoms with Crippen molar-refractivity contribution in [2.24, 2.45) is 0 Å². The smallest absolute Gasteiger partial charge is 0.229 e. The van der Waals surface area contributed by atoms with Crippen LogP contribution in [0.2, 0.25) is 0 Å². The molecule has 1 saturated heterocycles. The molecule has 0 unspecified atom stereocenters. The van der Waals surface area contributed by atoms with Crippen LogP contribution in [-0.2, 0) is 0 Å². The molecule has 0 atom stereocenters. The number of aliphatic hydroxyl groups is 1. The van der Waals surface area contributed by atoms with Crippen LogP contribution in [0.5, 0.6) is 0 Å². The number of aromatic amines is 1. The highest BCUT2D eigenvalue weighted by Crippen LogP contribution is 2.29. The van der Waals surface area contributed by atoms with E-state index in [1.165, 1.54) is 10.9 Å². The Kier molecular flexibility index (Phi) is 4.69. The summed E-state index contributed by atoms with van der Waals surface area (Å²) in [6.45, 7) is 5.13. The third kappa shape index (κ3) is 3.59. The maximum atomic E-state index is 9.13. The highest BCUT2D eigenvalue weighted by Gasteiger charge is 2.21. The lowest BCUT2D eigenvalue weighted by molar-refractivity contribution is 0.151. The Morgan fingerprint density at radius 3 is 2.86 bits per heavy atom. The molecule has 150 valence electrons. The number of aryl methyl sites for hydroxylation is 1. The molecule has 1 aliphatic rings. The van der Waals surface area contributed by atoms with Crippen molar-refractivity contribution in [3.63, 3.8) is 0 Å². The second kappa shape index (κ2) is 7.50. The van der Waals surface area contributed by atoms with Gasteiger partial charge in [-0.25, -0.2) is 4.98 Å². The Morgan fingerprint density at radius 1 is 1.17 bits per heavy atom. The minimum atomic E-state index is 0.243. The van der Waals surface area contributed by atoms with Crippen LogP contribution < -0.4 is 5.32 Å². The molecule has 1 aliphatic heterocycles. The standard InChI is InChI=1S/C22H26N6O/c1-15-12-17-14-23-22(26-21(17)24-15)25-18-2-3-20-16(13-18)4-9-28(20)19-5-7-27(8-6-19)10-11-29/h2-4,9,12-14,19,29H,5-8,10-11H2,1H3,(H2,23,24,25,26). The van der Waals surface area contributed by atoms with E-state index in [0.717, 1.165) is 54.9 Å². The summed E-state index contributed by atoms with van der Waals surface area (Å²) in [5.74, 6) is 0.592. The number of benzene rings is 1. The number of anilines is 2. The number of nitrogens with zero attached hydrogens (tertiary/aromatic N) is 4. The molecule has 29 heavy (non-hydrogen) atoms. The zero-order valence-electron chi connectivity index (χ0n) is 16.6. The van der Waals surface area contributed by atoms with Crippen molar-refractivity contribution < 1.29 is 5.11 Å². The number of piperidine rings is 1. The van der Waals surface area contributed by atoms with Gasteiger partial charge in [0.05, 0.1) is 6.61 Å². The first-order chi connectivity index (χ1) is 14.2. The number of aliphatic hydroxyl groups excluding tert-OH is 1. The molecule has 0 bridgehead atoms. The van der Waals surface area contributed by atoms with E-state index >= 15 is 0 Å². The number of hydrogen-bond donors (Lipinski definition) is 3.